The van der Waals surface area contributed by atoms with Gasteiger partial charge < -0.3 is 5.32 Å². The maximum Gasteiger partial charge on any atom is 0.264 e. The lowest BCUT2D eigenvalue weighted by Gasteiger charge is -2.13. The van der Waals surface area contributed by atoms with Crippen molar-refractivity contribution in [1.82, 2.24) is 5.32 Å². The van der Waals surface area contributed by atoms with Crippen LogP contribution in [-0.4, -0.2) is 11.8 Å². The summed E-state index contributed by atoms with van der Waals surface area (Å²) in [5.41, 5.74) is 1.50. The summed E-state index contributed by atoms with van der Waals surface area (Å²) >= 11 is 5.78. The van der Waals surface area contributed by atoms with Gasteiger partial charge in [0.15, 0.2) is 0 Å². The van der Waals surface area contributed by atoms with E-state index in [1.165, 1.54) is 11.1 Å². The highest BCUT2D eigenvalue weighted by Gasteiger charge is 2.35. The predicted molar refractivity (Wildman–Crippen MR) is 63.2 cm³/mol. The Labute approximate surface area is 102 Å². The lowest BCUT2D eigenvalue weighted by Crippen LogP contribution is -2.21. The molecular formula is C12H7ClN2O2. The summed E-state index contributed by atoms with van der Waals surface area (Å²) in [6.07, 6.45) is 2.98. The second-order valence-electron chi connectivity index (χ2n) is 3.73. The van der Waals surface area contributed by atoms with Gasteiger partial charge in [-0.1, -0.05) is 11.6 Å². The zero-order valence-corrected chi connectivity index (χ0v) is 9.36. The Bertz CT molecular complexity index is 587. The van der Waals surface area contributed by atoms with E-state index in [4.69, 9.17) is 11.6 Å². The minimum atomic E-state index is -0.246. The molecule has 0 unspecified atom stereocenters. The quantitative estimate of drug-likeness (QED) is 0.818. The van der Waals surface area contributed by atoms with Crippen molar-refractivity contribution in [2.75, 3.05) is 4.90 Å². The van der Waals surface area contributed by atoms with E-state index in [1.807, 2.05) is 0 Å². The Morgan fingerprint density at radius 2 is 1.76 bits per heavy atom. The number of fused-ring (bicyclic) bond motifs is 1. The first-order valence-corrected chi connectivity index (χ1v) is 5.37. The zero-order valence-electron chi connectivity index (χ0n) is 8.61. The van der Waals surface area contributed by atoms with Gasteiger partial charge in [0.2, 0.25) is 0 Å². The summed E-state index contributed by atoms with van der Waals surface area (Å²) in [7, 11) is 0. The molecular weight excluding hydrogens is 240 g/mol. The van der Waals surface area contributed by atoms with Crippen LogP contribution in [0.1, 0.15) is 0 Å². The second-order valence-corrected chi connectivity index (χ2v) is 4.16. The number of nitrogens with one attached hydrogen (secondary N) is 1. The number of carbonyl (C=O) groups is 2. The third-order valence-electron chi connectivity index (χ3n) is 2.69. The number of amides is 2. The van der Waals surface area contributed by atoms with Crippen LogP contribution in [0.3, 0.4) is 0 Å². The van der Waals surface area contributed by atoms with Crippen LogP contribution in [-0.2, 0) is 9.59 Å². The number of carbonyl (C=O) groups excluding carboxylic acids is 2. The molecule has 0 spiro atoms. The summed E-state index contributed by atoms with van der Waals surface area (Å²) in [5.74, 6) is -0.453. The monoisotopic (exact) mass is 246 g/mol. The molecule has 1 aromatic rings. The molecule has 1 aromatic carbocycles. The molecule has 2 amide bonds. The summed E-state index contributed by atoms with van der Waals surface area (Å²) < 4.78 is 0. The molecule has 2 heterocycles. The first-order chi connectivity index (χ1) is 8.16. The van der Waals surface area contributed by atoms with Crippen molar-refractivity contribution in [3.63, 3.8) is 0 Å². The van der Waals surface area contributed by atoms with Gasteiger partial charge in [0.1, 0.15) is 0 Å². The Kier molecular flexibility index (Phi) is 2.06. The number of benzene rings is 1. The third kappa shape index (κ3) is 1.45. The van der Waals surface area contributed by atoms with Gasteiger partial charge in [0, 0.05) is 23.1 Å². The van der Waals surface area contributed by atoms with Crippen molar-refractivity contribution in [1.29, 1.82) is 0 Å². The molecule has 0 aromatic heterocycles. The minimum Gasteiger partial charge on any atom is -0.328 e. The zero-order chi connectivity index (χ0) is 12.0. The third-order valence-corrected chi connectivity index (χ3v) is 2.95. The van der Waals surface area contributed by atoms with Gasteiger partial charge in [0.25, 0.3) is 11.8 Å². The molecule has 2 aliphatic rings. The molecule has 84 valence electrons. The molecule has 4 nitrogen and oxygen atoms in total. The first-order valence-electron chi connectivity index (χ1n) is 4.99. The Morgan fingerprint density at radius 1 is 1.06 bits per heavy atom. The average molecular weight is 247 g/mol. The molecule has 2 aliphatic heterocycles. The van der Waals surface area contributed by atoms with Crippen molar-refractivity contribution in [3.8, 4) is 0 Å². The van der Waals surface area contributed by atoms with Crippen molar-refractivity contribution in [2.45, 2.75) is 0 Å². The first kappa shape index (κ1) is 10.1. The second kappa shape index (κ2) is 3.46. The SMILES string of the molecule is O=C1NC=C2C(=O)N(c3ccc(Cl)cc3)C=C12. The number of hydrogen-bond acceptors (Lipinski definition) is 2. The number of nitrogens with zero attached hydrogens (tertiary/aromatic N) is 1. The van der Waals surface area contributed by atoms with Crippen LogP contribution in [0.2, 0.25) is 5.02 Å². The van der Waals surface area contributed by atoms with Gasteiger partial charge in [0.05, 0.1) is 11.1 Å². The molecule has 0 saturated carbocycles. The van der Waals surface area contributed by atoms with Crippen LogP contribution in [0.25, 0.3) is 0 Å². The van der Waals surface area contributed by atoms with Crippen LogP contribution < -0.4 is 10.2 Å². The normalized spacial score (nSPS) is 17.8. The summed E-state index contributed by atoms with van der Waals surface area (Å²) in [6.45, 7) is 0. The average Bonchev–Trinajstić information content (AvgIpc) is 2.83. The van der Waals surface area contributed by atoms with E-state index in [1.54, 1.807) is 30.5 Å². The van der Waals surface area contributed by atoms with E-state index >= 15 is 0 Å². The fraction of sp³-hybridized carbons (Fsp3) is 0. The van der Waals surface area contributed by atoms with E-state index in [9.17, 15) is 9.59 Å². The van der Waals surface area contributed by atoms with E-state index in [-0.39, 0.29) is 11.8 Å². The van der Waals surface area contributed by atoms with Crippen LogP contribution in [0.4, 0.5) is 5.69 Å². The molecule has 0 aliphatic carbocycles. The lowest BCUT2D eigenvalue weighted by atomic mass is 10.2. The van der Waals surface area contributed by atoms with E-state index in [0.717, 1.165) is 0 Å². The van der Waals surface area contributed by atoms with Gasteiger partial charge in [-0.25, -0.2) is 0 Å². The Hall–Kier alpha value is -2.07. The molecule has 0 fully saturated rings. The highest BCUT2D eigenvalue weighted by Crippen LogP contribution is 2.30. The van der Waals surface area contributed by atoms with Gasteiger partial charge in [-0.3, -0.25) is 14.5 Å². The van der Waals surface area contributed by atoms with E-state index in [0.29, 0.717) is 21.9 Å². The Morgan fingerprint density at radius 3 is 2.41 bits per heavy atom. The molecule has 1 N–H and O–H groups in total. The summed E-state index contributed by atoms with van der Waals surface area (Å²) in [4.78, 5) is 24.8. The number of hydrogen-bond donors (Lipinski definition) is 1. The maximum atomic E-state index is 12.0. The largest absolute Gasteiger partial charge is 0.328 e. The summed E-state index contributed by atoms with van der Waals surface area (Å²) in [6, 6.07) is 6.87. The van der Waals surface area contributed by atoms with Crippen molar-refractivity contribution >= 4 is 29.1 Å². The fourth-order valence-electron chi connectivity index (χ4n) is 1.83. The maximum absolute atomic E-state index is 12.0. The van der Waals surface area contributed by atoms with Gasteiger partial charge in [-0.15, -0.1) is 0 Å². The highest BCUT2D eigenvalue weighted by atomic mass is 35.5. The molecule has 3 rings (SSSR count). The topological polar surface area (TPSA) is 49.4 Å². The van der Waals surface area contributed by atoms with E-state index in [2.05, 4.69) is 5.32 Å². The van der Waals surface area contributed by atoms with Crippen molar-refractivity contribution in [3.05, 3.63) is 52.8 Å². The molecule has 0 bridgehead atoms. The highest BCUT2D eigenvalue weighted by molar-refractivity contribution is 6.30. The van der Waals surface area contributed by atoms with Gasteiger partial charge in [-0.2, -0.15) is 0 Å². The number of anilines is 1. The molecule has 0 atom stereocenters. The van der Waals surface area contributed by atoms with Crippen LogP contribution in [0.5, 0.6) is 0 Å². The van der Waals surface area contributed by atoms with E-state index < -0.39 is 0 Å². The van der Waals surface area contributed by atoms with Crippen LogP contribution in [0, 0.1) is 0 Å². The molecule has 0 radical (unpaired) electrons. The number of halogens is 1. The standard InChI is InChI=1S/C12H7ClN2O2/c13-7-1-3-8(4-2-7)15-6-10-9(12(15)17)5-14-11(10)16/h1-6H,(H,14,16). The molecule has 5 heteroatoms. The van der Waals surface area contributed by atoms with Crippen molar-refractivity contribution in [2.24, 2.45) is 0 Å². The van der Waals surface area contributed by atoms with Gasteiger partial charge >= 0.3 is 0 Å². The number of rotatable bonds is 1. The minimum absolute atomic E-state index is 0.208. The lowest BCUT2D eigenvalue weighted by molar-refractivity contribution is -0.116. The van der Waals surface area contributed by atoms with Crippen LogP contribution >= 0.6 is 11.6 Å². The Balaban J connectivity index is 2.02. The molecule has 0 saturated heterocycles. The fourth-order valence-corrected chi connectivity index (χ4v) is 1.96. The van der Waals surface area contributed by atoms with Crippen LogP contribution in [0.15, 0.2) is 47.8 Å². The smallest absolute Gasteiger partial charge is 0.264 e. The summed E-state index contributed by atoms with van der Waals surface area (Å²) in [5, 5.41) is 3.10. The predicted octanol–water partition coefficient (Wildman–Crippen LogP) is 1.58. The van der Waals surface area contributed by atoms with Gasteiger partial charge in [-0.05, 0) is 24.3 Å². The van der Waals surface area contributed by atoms with Crippen molar-refractivity contribution < 1.29 is 9.59 Å². The molecule has 17 heavy (non-hydrogen) atoms.